The summed E-state index contributed by atoms with van der Waals surface area (Å²) < 4.78 is 4.30. The fourth-order valence-electron chi connectivity index (χ4n) is 4.22. The van der Waals surface area contributed by atoms with Gasteiger partial charge in [-0.2, -0.15) is 5.10 Å². The summed E-state index contributed by atoms with van der Waals surface area (Å²) in [6.07, 6.45) is 1.15. The number of thiophene rings is 1. The summed E-state index contributed by atoms with van der Waals surface area (Å²) in [6, 6.07) is 3.99. The van der Waals surface area contributed by atoms with Crippen LogP contribution in [0.2, 0.25) is 0 Å². The van der Waals surface area contributed by atoms with Crippen LogP contribution in [0.4, 0.5) is 0 Å². The molecule has 0 N–H and O–H groups in total. The number of aromatic nitrogens is 3. The highest BCUT2D eigenvalue weighted by atomic mass is 32.1. The Hall–Kier alpha value is -2.15. The zero-order valence-electron chi connectivity index (χ0n) is 15.7. The van der Waals surface area contributed by atoms with Crippen LogP contribution in [0.1, 0.15) is 31.0 Å². The van der Waals surface area contributed by atoms with Crippen molar-refractivity contribution in [1.29, 1.82) is 0 Å². The van der Waals surface area contributed by atoms with E-state index in [1.165, 1.54) is 9.56 Å². The number of carbonyl (C=O) groups is 1. The highest BCUT2D eigenvalue weighted by Gasteiger charge is 2.26. The van der Waals surface area contributed by atoms with Crippen molar-refractivity contribution in [3.05, 3.63) is 33.2 Å². The standard InChI is InChI=1S/C19H24N4O2S/c1-11-5-12(2)9-21(8-11)18(24)10-22-19(25)16-7-17-15(6-13(3)26-17)23(16)14(4)20-22/h6-7,11-12H,5,8-10H2,1-4H3/t11-,12-/m0/s1. The molecule has 3 aromatic rings. The van der Waals surface area contributed by atoms with Crippen LogP contribution in [0, 0.1) is 25.7 Å². The maximum absolute atomic E-state index is 12.9. The van der Waals surface area contributed by atoms with Crippen LogP contribution in [-0.4, -0.2) is 38.1 Å². The fourth-order valence-corrected chi connectivity index (χ4v) is 5.16. The van der Waals surface area contributed by atoms with Crippen LogP contribution in [0.15, 0.2) is 16.9 Å². The van der Waals surface area contributed by atoms with E-state index in [0.717, 1.165) is 35.6 Å². The van der Waals surface area contributed by atoms with Gasteiger partial charge in [-0.15, -0.1) is 11.3 Å². The first-order valence-electron chi connectivity index (χ1n) is 9.10. The van der Waals surface area contributed by atoms with Crippen molar-refractivity contribution < 1.29 is 4.79 Å². The minimum atomic E-state index is -0.205. The first-order chi connectivity index (χ1) is 12.3. The van der Waals surface area contributed by atoms with E-state index >= 15 is 0 Å². The van der Waals surface area contributed by atoms with E-state index in [1.807, 2.05) is 22.3 Å². The molecule has 3 aromatic heterocycles. The molecule has 1 aliphatic heterocycles. The molecule has 0 spiro atoms. The molecule has 26 heavy (non-hydrogen) atoms. The quantitative estimate of drug-likeness (QED) is 0.695. The smallest absolute Gasteiger partial charge is 0.291 e. The van der Waals surface area contributed by atoms with Crippen molar-refractivity contribution >= 4 is 33.0 Å². The zero-order chi connectivity index (χ0) is 18.6. The van der Waals surface area contributed by atoms with Crippen LogP contribution >= 0.6 is 11.3 Å². The molecule has 1 saturated heterocycles. The highest BCUT2D eigenvalue weighted by molar-refractivity contribution is 7.19. The number of aryl methyl sites for hydroxylation is 2. The third-order valence-corrected chi connectivity index (χ3v) is 6.15. The van der Waals surface area contributed by atoms with Crippen LogP contribution in [0.25, 0.3) is 15.7 Å². The summed E-state index contributed by atoms with van der Waals surface area (Å²) in [4.78, 5) is 28.7. The Labute approximate surface area is 156 Å². The lowest BCUT2D eigenvalue weighted by Gasteiger charge is -2.35. The molecule has 1 fully saturated rings. The van der Waals surface area contributed by atoms with E-state index in [-0.39, 0.29) is 18.0 Å². The van der Waals surface area contributed by atoms with Crippen molar-refractivity contribution in [3.8, 4) is 0 Å². The normalized spacial score (nSPS) is 21.0. The molecule has 4 heterocycles. The van der Waals surface area contributed by atoms with Gasteiger partial charge in [-0.3, -0.25) is 14.0 Å². The summed E-state index contributed by atoms with van der Waals surface area (Å²) in [5.41, 5.74) is 1.40. The molecule has 0 radical (unpaired) electrons. The topological polar surface area (TPSA) is 59.6 Å². The van der Waals surface area contributed by atoms with Crippen molar-refractivity contribution in [2.45, 2.75) is 40.7 Å². The molecule has 7 heteroatoms. The van der Waals surface area contributed by atoms with Crippen molar-refractivity contribution in [2.24, 2.45) is 11.8 Å². The minimum absolute atomic E-state index is 0.00741. The Morgan fingerprint density at radius 2 is 1.88 bits per heavy atom. The van der Waals surface area contributed by atoms with Crippen molar-refractivity contribution in [1.82, 2.24) is 19.1 Å². The van der Waals surface area contributed by atoms with E-state index in [1.54, 1.807) is 11.3 Å². The Balaban J connectivity index is 1.70. The third kappa shape index (κ3) is 2.84. The molecular weight excluding hydrogens is 348 g/mol. The predicted molar refractivity (Wildman–Crippen MR) is 104 cm³/mol. The molecule has 0 aliphatic carbocycles. The molecule has 0 bridgehead atoms. The van der Waals surface area contributed by atoms with Gasteiger partial charge in [-0.25, -0.2) is 4.68 Å². The number of rotatable bonds is 2. The number of hydrogen-bond donors (Lipinski definition) is 0. The summed E-state index contributed by atoms with van der Waals surface area (Å²) in [5, 5.41) is 4.43. The molecule has 2 atom stereocenters. The van der Waals surface area contributed by atoms with Crippen molar-refractivity contribution in [2.75, 3.05) is 13.1 Å². The molecular formula is C19H24N4O2S. The second-order valence-corrected chi connectivity index (χ2v) is 9.01. The van der Waals surface area contributed by atoms with Gasteiger partial charge >= 0.3 is 0 Å². The maximum Gasteiger partial charge on any atom is 0.291 e. The van der Waals surface area contributed by atoms with Gasteiger partial charge in [0.25, 0.3) is 5.56 Å². The highest BCUT2D eigenvalue weighted by Crippen LogP contribution is 2.28. The lowest BCUT2D eigenvalue weighted by atomic mass is 9.92. The van der Waals surface area contributed by atoms with Crippen LogP contribution in [0.3, 0.4) is 0 Å². The molecule has 0 saturated carbocycles. The van der Waals surface area contributed by atoms with E-state index < -0.39 is 0 Å². The Morgan fingerprint density at radius 1 is 1.19 bits per heavy atom. The van der Waals surface area contributed by atoms with Crippen LogP contribution in [-0.2, 0) is 11.3 Å². The van der Waals surface area contributed by atoms with E-state index in [4.69, 9.17) is 0 Å². The number of piperidine rings is 1. The molecule has 138 valence electrons. The first-order valence-corrected chi connectivity index (χ1v) is 9.92. The third-order valence-electron chi connectivity index (χ3n) is 5.16. The molecule has 1 aliphatic rings. The van der Waals surface area contributed by atoms with Crippen LogP contribution in [0.5, 0.6) is 0 Å². The lowest BCUT2D eigenvalue weighted by molar-refractivity contribution is -0.134. The van der Waals surface area contributed by atoms with Gasteiger partial charge in [0.15, 0.2) is 0 Å². The second-order valence-electron chi connectivity index (χ2n) is 7.73. The maximum atomic E-state index is 12.9. The molecule has 4 rings (SSSR count). The van der Waals surface area contributed by atoms with Gasteiger partial charge in [0.2, 0.25) is 5.91 Å². The Bertz CT molecular complexity index is 1050. The monoisotopic (exact) mass is 372 g/mol. The summed E-state index contributed by atoms with van der Waals surface area (Å²) in [7, 11) is 0. The summed E-state index contributed by atoms with van der Waals surface area (Å²) in [6.45, 7) is 9.81. The van der Waals surface area contributed by atoms with E-state index in [2.05, 4.69) is 31.9 Å². The van der Waals surface area contributed by atoms with Gasteiger partial charge in [0, 0.05) is 18.0 Å². The van der Waals surface area contributed by atoms with Gasteiger partial charge in [-0.1, -0.05) is 13.8 Å². The zero-order valence-corrected chi connectivity index (χ0v) is 16.5. The average Bonchev–Trinajstić information content (AvgIpc) is 3.07. The number of carbonyl (C=O) groups excluding carboxylic acids is 1. The van der Waals surface area contributed by atoms with Gasteiger partial charge in [-0.05, 0) is 44.2 Å². The molecule has 6 nitrogen and oxygen atoms in total. The number of fused-ring (bicyclic) bond motifs is 3. The number of hydrogen-bond acceptors (Lipinski definition) is 4. The van der Waals surface area contributed by atoms with Crippen LogP contribution < -0.4 is 5.56 Å². The predicted octanol–water partition coefficient (Wildman–Crippen LogP) is 2.83. The molecule has 0 aromatic carbocycles. The minimum Gasteiger partial charge on any atom is -0.341 e. The summed E-state index contributed by atoms with van der Waals surface area (Å²) in [5.74, 6) is 1.70. The van der Waals surface area contributed by atoms with Gasteiger partial charge in [0.05, 0.1) is 10.2 Å². The number of likely N-dealkylation sites (tertiary alicyclic amines) is 1. The second kappa shape index (κ2) is 6.23. The fraction of sp³-hybridized carbons (Fsp3) is 0.526. The number of nitrogens with zero attached hydrogens (tertiary/aromatic N) is 4. The lowest BCUT2D eigenvalue weighted by Crippen LogP contribution is -2.45. The first kappa shape index (κ1) is 17.3. The summed E-state index contributed by atoms with van der Waals surface area (Å²) >= 11 is 1.67. The average molecular weight is 372 g/mol. The van der Waals surface area contributed by atoms with Gasteiger partial charge < -0.3 is 4.90 Å². The van der Waals surface area contributed by atoms with E-state index in [0.29, 0.717) is 17.4 Å². The van der Waals surface area contributed by atoms with E-state index in [9.17, 15) is 9.59 Å². The van der Waals surface area contributed by atoms with Gasteiger partial charge in [0.1, 0.15) is 17.9 Å². The largest absolute Gasteiger partial charge is 0.341 e. The Morgan fingerprint density at radius 3 is 2.58 bits per heavy atom. The van der Waals surface area contributed by atoms with Crippen molar-refractivity contribution in [3.63, 3.8) is 0 Å². The number of amides is 1. The molecule has 1 amide bonds. The molecule has 0 unspecified atom stereocenters. The Kier molecular flexibility index (Phi) is 4.14. The SMILES string of the molecule is Cc1cc2c(cc3c(=O)n(CC(=O)N4C[C@@H](C)C[C@H](C)C4)nc(C)n32)s1.